The fourth-order valence-electron chi connectivity index (χ4n) is 4.22. The lowest BCUT2D eigenvalue weighted by molar-refractivity contribution is 0.589. The molecule has 0 aliphatic heterocycles. The van der Waals surface area contributed by atoms with Gasteiger partial charge in [0.25, 0.3) is 0 Å². The average Bonchev–Trinajstić information content (AvgIpc) is 3.52. The van der Waals surface area contributed by atoms with Crippen LogP contribution in [0.1, 0.15) is 44.9 Å². The molecule has 0 atom stereocenters. The largest absolute Gasteiger partial charge is 0.355 e. The van der Waals surface area contributed by atoms with E-state index in [-0.39, 0.29) is 0 Å². The van der Waals surface area contributed by atoms with Crippen molar-refractivity contribution in [2.45, 2.75) is 64.6 Å². The van der Waals surface area contributed by atoms with Crippen LogP contribution in [0, 0.1) is 0 Å². The lowest BCUT2D eigenvalue weighted by Gasteiger charge is -2.18. The van der Waals surface area contributed by atoms with Crippen LogP contribution in [0.15, 0.2) is 47.8 Å². The van der Waals surface area contributed by atoms with Crippen LogP contribution >= 0.6 is 0 Å². The maximum absolute atomic E-state index is 4.87. The molecule has 3 aromatic rings. The number of rotatable bonds is 9. The highest BCUT2D eigenvalue weighted by Gasteiger charge is 2.16. The van der Waals surface area contributed by atoms with Crippen molar-refractivity contribution in [3.05, 3.63) is 48.7 Å². The topological polar surface area (TPSA) is 72.1 Å². The number of para-hydroxylation sites is 1. The van der Waals surface area contributed by atoms with E-state index in [1.807, 2.05) is 6.33 Å². The Hall–Kier alpha value is -2.83. The molecule has 2 aromatic heterocycles. The van der Waals surface area contributed by atoms with Gasteiger partial charge in [-0.1, -0.05) is 38.0 Å². The minimum Gasteiger partial charge on any atom is -0.355 e. The van der Waals surface area contributed by atoms with Crippen molar-refractivity contribution in [1.29, 1.82) is 0 Å². The summed E-state index contributed by atoms with van der Waals surface area (Å²) in [5.41, 5.74) is 1.30. The number of aromatic nitrogens is 4. The van der Waals surface area contributed by atoms with Crippen LogP contribution in [0.3, 0.4) is 0 Å². The molecular formula is C23H33N7. The van der Waals surface area contributed by atoms with Gasteiger partial charge in [0.15, 0.2) is 5.96 Å². The van der Waals surface area contributed by atoms with Crippen LogP contribution in [0.5, 0.6) is 0 Å². The quantitative estimate of drug-likeness (QED) is 0.324. The molecule has 7 heteroatoms. The molecule has 0 bridgehead atoms. The van der Waals surface area contributed by atoms with Gasteiger partial charge in [-0.15, -0.1) is 10.2 Å². The minimum absolute atomic E-state index is 0.547. The molecule has 0 saturated heterocycles. The van der Waals surface area contributed by atoms with E-state index in [4.69, 9.17) is 4.99 Å². The summed E-state index contributed by atoms with van der Waals surface area (Å²) in [6, 6.07) is 11.3. The van der Waals surface area contributed by atoms with E-state index >= 15 is 0 Å². The molecule has 1 aromatic carbocycles. The summed E-state index contributed by atoms with van der Waals surface area (Å²) in [5.74, 6) is 1.96. The summed E-state index contributed by atoms with van der Waals surface area (Å²) in [5, 5.41) is 16.6. The molecule has 2 N–H and O–H groups in total. The second kappa shape index (κ2) is 10.3. The molecule has 1 aliphatic carbocycles. The zero-order valence-electron chi connectivity index (χ0n) is 17.9. The van der Waals surface area contributed by atoms with Crippen LogP contribution in [0.25, 0.3) is 10.9 Å². The fourth-order valence-corrected chi connectivity index (χ4v) is 4.22. The lowest BCUT2D eigenvalue weighted by Crippen LogP contribution is -2.43. The molecule has 1 fully saturated rings. The minimum atomic E-state index is 0.547. The summed E-state index contributed by atoms with van der Waals surface area (Å²) < 4.78 is 4.43. The molecule has 7 nitrogen and oxygen atoms in total. The highest BCUT2D eigenvalue weighted by atomic mass is 15.3. The smallest absolute Gasteiger partial charge is 0.191 e. The first-order valence-electron chi connectivity index (χ1n) is 11.3. The summed E-state index contributed by atoms with van der Waals surface area (Å²) in [7, 11) is 0. The number of fused-ring (bicyclic) bond motifs is 1. The zero-order valence-corrected chi connectivity index (χ0v) is 17.9. The Kier molecular flexibility index (Phi) is 7.00. The molecule has 2 heterocycles. The fraction of sp³-hybridized carbons (Fsp3) is 0.522. The van der Waals surface area contributed by atoms with Crippen molar-refractivity contribution in [3.63, 3.8) is 0 Å². The van der Waals surface area contributed by atoms with Crippen LogP contribution in [0.4, 0.5) is 0 Å². The van der Waals surface area contributed by atoms with E-state index in [2.05, 4.69) is 73.4 Å². The Morgan fingerprint density at radius 2 is 2.00 bits per heavy atom. The predicted octanol–water partition coefficient (Wildman–Crippen LogP) is 3.36. The van der Waals surface area contributed by atoms with Crippen molar-refractivity contribution in [2.75, 3.05) is 13.1 Å². The predicted molar refractivity (Wildman–Crippen MR) is 122 cm³/mol. The lowest BCUT2D eigenvalue weighted by atomic mass is 10.2. The monoisotopic (exact) mass is 407 g/mol. The van der Waals surface area contributed by atoms with Gasteiger partial charge < -0.3 is 19.8 Å². The van der Waals surface area contributed by atoms with Crippen molar-refractivity contribution in [3.8, 4) is 0 Å². The van der Waals surface area contributed by atoms with Crippen LogP contribution in [0.2, 0.25) is 0 Å². The van der Waals surface area contributed by atoms with Gasteiger partial charge in [0.2, 0.25) is 0 Å². The Bertz CT molecular complexity index is 949. The first-order chi connectivity index (χ1) is 14.8. The molecule has 0 spiro atoms. The van der Waals surface area contributed by atoms with Gasteiger partial charge >= 0.3 is 0 Å². The van der Waals surface area contributed by atoms with Crippen molar-refractivity contribution in [1.82, 2.24) is 30.0 Å². The number of hydrogen-bond acceptors (Lipinski definition) is 3. The third-order valence-electron chi connectivity index (χ3n) is 5.86. The maximum Gasteiger partial charge on any atom is 0.191 e. The molecular weight excluding hydrogens is 374 g/mol. The van der Waals surface area contributed by atoms with Gasteiger partial charge in [-0.3, -0.25) is 4.99 Å². The Balaban J connectivity index is 1.30. The number of aryl methyl sites for hydroxylation is 2. The number of hydrogen-bond donors (Lipinski definition) is 2. The number of nitrogens with zero attached hydrogens (tertiary/aromatic N) is 5. The molecule has 160 valence electrons. The molecule has 1 saturated carbocycles. The molecule has 30 heavy (non-hydrogen) atoms. The van der Waals surface area contributed by atoms with E-state index in [0.29, 0.717) is 6.04 Å². The van der Waals surface area contributed by atoms with Crippen molar-refractivity contribution in [2.24, 2.45) is 4.99 Å². The summed E-state index contributed by atoms with van der Waals surface area (Å²) in [6.07, 6.45) is 11.0. The third kappa shape index (κ3) is 5.20. The number of aliphatic imine (C=N–C) groups is 1. The van der Waals surface area contributed by atoms with E-state index < -0.39 is 0 Å². The highest BCUT2D eigenvalue weighted by Crippen LogP contribution is 2.17. The normalized spacial score (nSPS) is 15.2. The van der Waals surface area contributed by atoms with Gasteiger partial charge in [0.05, 0.1) is 0 Å². The molecule has 0 radical (unpaired) electrons. The van der Waals surface area contributed by atoms with Gasteiger partial charge in [0.1, 0.15) is 12.2 Å². The van der Waals surface area contributed by atoms with Crippen molar-refractivity contribution >= 4 is 16.9 Å². The standard InChI is InChI=1S/C23H33N7/c1-2-22-28-26-18-30(22)17-14-25-23(27-20-9-4-5-10-20)24-13-7-15-29-16-12-19-8-3-6-11-21(19)29/h3,6,8,11-12,16,18,20H,2,4-5,7,9-10,13-15,17H2,1H3,(H2,24,25,27). The summed E-state index contributed by atoms with van der Waals surface area (Å²) in [4.78, 5) is 4.87. The molecule has 1 aliphatic rings. The summed E-state index contributed by atoms with van der Waals surface area (Å²) >= 11 is 0. The number of nitrogens with one attached hydrogen (secondary N) is 2. The zero-order chi connectivity index (χ0) is 20.6. The van der Waals surface area contributed by atoms with E-state index in [9.17, 15) is 0 Å². The van der Waals surface area contributed by atoms with E-state index in [0.717, 1.165) is 50.8 Å². The Morgan fingerprint density at radius 1 is 1.13 bits per heavy atom. The maximum atomic E-state index is 4.87. The number of benzene rings is 1. The van der Waals surface area contributed by atoms with E-state index in [1.54, 1.807) is 0 Å². The first-order valence-corrected chi connectivity index (χ1v) is 11.3. The Morgan fingerprint density at radius 3 is 2.87 bits per heavy atom. The van der Waals surface area contributed by atoms with Crippen molar-refractivity contribution < 1.29 is 0 Å². The molecule has 4 rings (SSSR count). The summed E-state index contributed by atoms with van der Waals surface area (Å²) in [6.45, 7) is 5.55. The van der Waals surface area contributed by atoms with Gasteiger partial charge in [-0.05, 0) is 36.8 Å². The van der Waals surface area contributed by atoms with Crippen LogP contribution in [-0.2, 0) is 19.5 Å². The first kappa shape index (κ1) is 20.4. The average molecular weight is 408 g/mol. The molecule has 0 amide bonds. The van der Waals surface area contributed by atoms with Crippen LogP contribution < -0.4 is 10.6 Å². The molecule has 0 unspecified atom stereocenters. The van der Waals surface area contributed by atoms with Crippen LogP contribution in [-0.4, -0.2) is 44.4 Å². The van der Waals surface area contributed by atoms with Gasteiger partial charge in [0, 0.05) is 50.4 Å². The second-order valence-corrected chi connectivity index (χ2v) is 8.00. The third-order valence-corrected chi connectivity index (χ3v) is 5.86. The van der Waals surface area contributed by atoms with Gasteiger partial charge in [-0.2, -0.15) is 0 Å². The SMILES string of the molecule is CCc1nncn1CCNC(=NCCCn1ccc2ccccc21)NC1CCCC1. The van der Waals surface area contributed by atoms with E-state index in [1.165, 1.54) is 36.6 Å². The van der Waals surface area contributed by atoms with Gasteiger partial charge in [-0.25, -0.2) is 0 Å². The second-order valence-electron chi connectivity index (χ2n) is 8.00. The number of guanidine groups is 1. The Labute approximate surface area is 178 Å². The highest BCUT2D eigenvalue weighted by molar-refractivity contribution is 5.80.